The average Bonchev–Trinajstić information content (AvgIpc) is 2.98. The van der Waals surface area contributed by atoms with Crippen LogP contribution in [0.2, 0.25) is 0 Å². The summed E-state index contributed by atoms with van der Waals surface area (Å²) in [5.74, 6) is -1.99. The first-order valence-corrected chi connectivity index (χ1v) is 9.50. The zero-order valence-electron chi connectivity index (χ0n) is 16.1. The second-order valence-corrected chi connectivity index (χ2v) is 6.43. The van der Waals surface area contributed by atoms with E-state index in [2.05, 4.69) is 10.6 Å². The van der Waals surface area contributed by atoms with Crippen LogP contribution in [-0.4, -0.2) is 96.1 Å². The normalized spacial score (nSPS) is 13.6. The molecule has 10 nitrogen and oxygen atoms in total. The molecular weight excluding hydrogens is 368 g/mol. The third-order valence-corrected chi connectivity index (χ3v) is 4.22. The Morgan fingerprint density at radius 1 is 0.964 bits per heavy atom. The highest BCUT2D eigenvalue weighted by Gasteiger charge is 2.23. The second-order valence-electron chi connectivity index (χ2n) is 6.43. The van der Waals surface area contributed by atoms with Gasteiger partial charge < -0.3 is 20.8 Å². The van der Waals surface area contributed by atoms with Crippen LogP contribution >= 0.6 is 0 Å². The quantitative estimate of drug-likeness (QED) is 0.183. The summed E-state index contributed by atoms with van der Waals surface area (Å²) in [7, 11) is 0. The van der Waals surface area contributed by atoms with Gasteiger partial charge in [-0.3, -0.25) is 29.0 Å². The number of carbonyl (C=O) groups excluding carboxylic acids is 3. The van der Waals surface area contributed by atoms with Gasteiger partial charge in [-0.1, -0.05) is 0 Å². The number of nitrogens with zero attached hydrogens (tertiary/aromatic N) is 2. The van der Waals surface area contributed by atoms with Crippen molar-refractivity contribution in [2.75, 3.05) is 52.4 Å². The van der Waals surface area contributed by atoms with E-state index in [1.54, 1.807) is 0 Å². The van der Waals surface area contributed by atoms with Crippen LogP contribution in [0, 0.1) is 0 Å². The molecule has 0 fully saturated rings. The minimum absolute atomic E-state index is 0.0653. The number of aliphatic hydroxyl groups excluding tert-OH is 1. The third-order valence-electron chi connectivity index (χ3n) is 4.22. The van der Waals surface area contributed by atoms with Crippen LogP contribution in [0.25, 0.3) is 0 Å². The SMILES string of the molecule is O=C(O)CCC(=O)NCCN(CCNCCCCO)CCN1C(=O)C=CC1=O. The van der Waals surface area contributed by atoms with Crippen LogP contribution in [0.3, 0.4) is 0 Å². The Kier molecular flexibility index (Phi) is 11.7. The molecule has 0 aromatic rings. The molecule has 28 heavy (non-hydrogen) atoms. The maximum atomic E-state index is 11.7. The third kappa shape index (κ3) is 10.1. The van der Waals surface area contributed by atoms with Gasteiger partial charge in [0.05, 0.1) is 6.42 Å². The maximum absolute atomic E-state index is 11.7. The highest BCUT2D eigenvalue weighted by Crippen LogP contribution is 2.03. The summed E-state index contributed by atoms with van der Waals surface area (Å²) >= 11 is 0. The van der Waals surface area contributed by atoms with Crippen molar-refractivity contribution in [2.24, 2.45) is 0 Å². The summed E-state index contributed by atoms with van der Waals surface area (Å²) in [6, 6.07) is 0. The van der Waals surface area contributed by atoms with Crippen molar-refractivity contribution in [1.82, 2.24) is 20.4 Å². The number of hydrogen-bond acceptors (Lipinski definition) is 7. The number of aliphatic hydroxyl groups is 1. The average molecular weight is 398 g/mol. The van der Waals surface area contributed by atoms with Gasteiger partial charge in [-0.2, -0.15) is 0 Å². The highest BCUT2D eigenvalue weighted by molar-refractivity contribution is 6.12. The van der Waals surface area contributed by atoms with Crippen LogP contribution < -0.4 is 10.6 Å². The first-order valence-electron chi connectivity index (χ1n) is 9.50. The van der Waals surface area contributed by atoms with E-state index >= 15 is 0 Å². The number of carboxylic acids is 1. The number of hydrogen-bond donors (Lipinski definition) is 4. The lowest BCUT2D eigenvalue weighted by atomic mass is 10.3. The molecular formula is C18H30N4O6. The minimum Gasteiger partial charge on any atom is -0.481 e. The first-order chi connectivity index (χ1) is 13.4. The van der Waals surface area contributed by atoms with E-state index in [1.165, 1.54) is 17.1 Å². The number of imide groups is 1. The number of amides is 3. The summed E-state index contributed by atoms with van der Waals surface area (Å²) in [4.78, 5) is 48.6. The van der Waals surface area contributed by atoms with Gasteiger partial charge in [-0.05, 0) is 19.4 Å². The monoisotopic (exact) mass is 398 g/mol. The predicted molar refractivity (Wildman–Crippen MR) is 101 cm³/mol. The maximum Gasteiger partial charge on any atom is 0.303 e. The Morgan fingerprint density at radius 3 is 2.29 bits per heavy atom. The molecule has 0 aliphatic carbocycles. The van der Waals surface area contributed by atoms with Crippen LogP contribution in [0.4, 0.5) is 0 Å². The molecule has 1 rings (SSSR count). The van der Waals surface area contributed by atoms with E-state index in [-0.39, 0.29) is 43.7 Å². The number of rotatable bonds is 16. The number of unbranched alkanes of at least 4 members (excludes halogenated alkanes) is 1. The molecule has 0 radical (unpaired) electrons. The lowest BCUT2D eigenvalue weighted by Crippen LogP contribution is -2.43. The molecule has 4 N–H and O–H groups in total. The molecule has 0 spiro atoms. The van der Waals surface area contributed by atoms with Gasteiger partial charge in [0.2, 0.25) is 5.91 Å². The molecule has 0 saturated carbocycles. The number of carbonyl (C=O) groups is 4. The molecule has 0 atom stereocenters. The number of carboxylic acid groups (broad SMARTS) is 1. The lowest BCUT2D eigenvalue weighted by Gasteiger charge is -2.25. The van der Waals surface area contributed by atoms with E-state index < -0.39 is 5.97 Å². The van der Waals surface area contributed by atoms with Crippen molar-refractivity contribution >= 4 is 23.7 Å². The van der Waals surface area contributed by atoms with Crippen LogP contribution in [0.1, 0.15) is 25.7 Å². The van der Waals surface area contributed by atoms with E-state index in [1.807, 2.05) is 4.90 Å². The Hall–Kier alpha value is -2.30. The summed E-state index contributed by atoms with van der Waals surface area (Å²) in [5.41, 5.74) is 0. The van der Waals surface area contributed by atoms with Crippen molar-refractivity contribution in [3.05, 3.63) is 12.2 Å². The van der Waals surface area contributed by atoms with Gasteiger partial charge >= 0.3 is 5.97 Å². The van der Waals surface area contributed by atoms with Gasteiger partial charge in [0.25, 0.3) is 11.8 Å². The van der Waals surface area contributed by atoms with Crippen LogP contribution in [0.15, 0.2) is 12.2 Å². The Labute approximate surface area is 164 Å². The molecule has 1 aliphatic heterocycles. The van der Waals surface area contributed by atoms with Gasteiger partial charge in [0, 0.05) is 64.4 Å². The van der Waals surface area contributed by atoms with Gasteiger partial charge in [0.15, 0.2) is 0 Å². The molecule has 3 amide bonds. The summed E-state index contributed by atoms with van der Waals surface area (Å²) < 4.78 is 0. The standard InChI is InChI=1S/C18H30N4O6/c23-14-2-1-7-19-8-10-21(11-9-20-15(24)3-6-18(27)28)12-13-22-16(25)4-5-17(22)26/h4-5,19,23H,1-3,6-14H2,(H,20,24)(H,27,28). The first kappa shape index (κ1) is 23.7. The largest absolute Gasteiger partial charge is 0.481 e. The van der Waals surface area contributed by atoms with Gasteiger partial charge in [-0.25, -0.2) is 0 Å². The predicted octanol–water partition coefficient (Wildman–Crippen LogP) is -1.44. The van der Waals surface area contributed by atoms with Crippen molar-refractivity contribution in [3.63, 3.8) is 0 Å². The van der Waals surface area contributed by atoms with E-state index in [9.17, 15) is 19.2 Å². The fraction of sp³-hybridized carbons (Fsp3) is 0.667. The Bertz CT molecular complexity index is 548. The molecule has 0 unspecified atom stereocenters. The van der Waals surface area contributed by atoms with E-state index in [4.69, 9.17) is 10.2 Å². The molecule has 0 aromatic heterocycles. The van der Waals surface area contributed by atoms with Crippen molar-refractivity contribution in [3.8, 4) is 0 Å². The van der Waals surface area contributed by atoms with Crippen LogP contribution in [-0.2, 0) is 19.2 Å². The fourth-order valence-corrected chi connectivity index (χ4v) is 2.61. The van der Waals surface area contributed by atoms with Crippen molar-refractivity contribution in [2.45, 2.75) is 25.7 Å². The summed E-state index contributed by atoms with van der Waals surface area (Å²) in [6.07, 6.45) is 3.84. The number of nitrogens with one attached hydrogen (secondary N) is 2. The Morgan fingerprint density at radius 2 is 1.64 bits per heavy atom. The molecule has 1 heterocycles. The molecule has 0 saturated heterocycles. The molecule has 0 bridgehead atoms. The lowest BCUT2D eigenvalue weighted by molar-refractivity contribution is -0.139. The molecule has 1 aliphatic rings. The number of aliphatic carboxylic acids is 1. The van der Waals surface area contributed by atoms with Crippen molar-refractivity contribution < 1.29 is 29.4 Å². The smallest absolute Gasteiger partial charge is 0.303 e. The molecule has 158 valence electrons. The highest BCUT2D eigenvalue weighted by atomic mass is 16.4. The van der Waals surface area contributed by atoms with Gasteiger partial charge in [-0.15, -0.1) is 0 Å². The second kappa shape index (κ2) is 13.8. The van der Waals surface area contributed by atoms with Crippen LogP contribution in [0.5, 0.6) is 0 Å². The minimum atomic E-state index is -1.02. The van der Waals surface area contributed by atoms with E-state index in [0.29, 0.717) is 32.7 Å². The van der Waals surface area contributed by atoms with Gasteiger partial charge in [0.1, 0.15) is 0 Å². The molecule has 0 aromatic carbocycles. The van der Waals surface area contributed by atoms with E-state index in [0.717, 1.165) is 19.4 Å². The Balaban J connectivity index is 2.36. The zero-order chi connectivity index (χ0) is 20.8. The fourth-order valence-electron chi connectivity index (χ4n) is 2.61. The molecule has 10 heteroatoms. The topological polar surface area (TPSA) is 139 Å². The van der Waals surface area contributed by atoms with Crippen molar-refractivity contribution in [1.29, 1.82) is 0 Å². The summed E-state index contributed by atoms with van der Waals surface area (Å²) in [5, 5.41) is 23.3. The zero-order valence-corrected chi connectivity index (χ0v) is 16.1. The summed E-state index contributed by atoms with van der Waals surface area (Å²) in [6.45, 7) is 3.91.